The van der Waals surface area contributed by atoms with Crippen LogP contribution in [0.1, 0.15) is 44.7 Å². The minimum absolute atomic E-state index is 0.503. The van der Waals surface area contributed by atoms with Crippen LogP contribution in [0.4, 0.5) is 0 Å². The molecule has 1 aromatic carbocycles. The van der Waals surface area contributed by atoms with Gasteiger partial charge in [0.25, 0.3) is 0 Å². The summed E-state index contributed by atoms with van der Waals surface area (Å²) in [6.45, 7) is 8.09. The zero-order chi connectivity index (χ0) is 13.7. The molecule has 1 aromatic rings. The lowest BCUT2D eigenvalue weighted by molar-refractivity contribution is 0.146. The number of benzene rings is 1. The average Bonchev–Trinajstić information content (AvgIpc) is 2.44. The van der Waals surface area contributed by atoms with Gasteiger partial charge in [0.05, 0.1) is 0 Å². The first-order valence-electron chi connectivity index (χ1n) is 7.43. The highest BCUT2D eigenvalue weighted by Crippen LogP contribution is 2.26. The van der Waals surface area contributed by atoms with Gasteiger partial charge in [-0.05, 0) is 57.0 Å². The fraction of sp³-hybridized carbons (Fsp3) is 0.625. The van der Waals surface area contributed by atoms with E-state index in [9.17, 15) is 0 Å². The molecule has 2 atom stereocenters. The largest absolute Gasteiger partial charge is 0.313 e. The summed E-state index contributed by atoms with van der Waals surface area (Å²) in [5.41, 5.74) is 1.41. The Morgan fingerprint density at radius 2 is 2.32 bits per heavy atom. The second-order valence-corrected chi connectivity index (χ2v) is 6.43. The maximum absolute atomic E-state index is 3.67. The second-order valence-electron chi connectivity index (χ2n) is 5.52. The Hall–Kier alpha value is -0.380. The number of likely N-dealkylation sites (tertiary alicyclic amines) is 1. The number of piperidine rings is 1. The molecule has 2 unspecified atom stereocenters. The predicted molar refractivity (Wildman–Crippen MR) is 85.4 cm³/mol. The van der Waals surface area contributed by atoms with Crippen LogP contribution in [0.2, 0.25) is 0 Å². The first kappa shape index (κ1) is 15.0. The van der Waals surface area contributed by atoms with Crippen molar-refractivity contribution in [2.45, 2.75) is 45.2 Å². The fourth-order valence-electron chi connectivity index (χ4n) is 2.85. The van der Waals surface area contributed by atoms with Gasteiger partial charge in [-0.2, -0.15) is 0 Å². The summed E-state index contributed by atoms with van der Waals surface area (Å²) < 4.78 is 1.18. The summed E-state index contributed by atoms with van der Waals surface area (Å²) in [5.74, 6) is 0. The van der Waals surface area contributed by atoms with Crippen LogP contribution in [0.5, 0.6) is 0 Å². The lowest BCUT2D eigenvalue weighted by Crippen LogP contribution is -2.46. The van der Waals surface area contributed by atoms with Crippen LogP contribution in [0.25, 0.3) is 0 Å². The van der Waals surface area contributed by atoms with Crippen molar-refractivity contribution >= 4 is 15.9 Å². The highest BCUT2D eigenvalue weighted by atomic mass is 79.9. The first-order valence-corrected chi connectivity index (χ1v) is 8.23. The van der Waals surface area contributed by atoms with Gasteiger partial charge in [-0.15, -0.1) is 0 Å². The minimum Gasteiger partial charge on any atom is -0.313 e. The van der Waals surface area contributed by atoms with E-state index in [0.717, 1.165) is 6.54 Å². The lowest BCUT2D eigenvalue weighted by Gasteiger charge is -2.37. The second kappa shape index (κ2) is 7.41. The molecule has 1 fully saturated rings. The van der Waals surface area contributed by atoms with Crippen molar-refractivity contribution < 1.29 is 0 Å². The van der Waals surface area contributed by atoms with Gasteiger partial charge < -0.3 is 5.32 Å². The highest BCUT2D eigenvalue weighted by Gasteiger charge is 2.23. The summed E-state index contributed by atoms with van der Waals surface area (Å²) >= 11 is 3.57. The molecule has 0 spiro atoms. The van der Waals surface area contributed by atoms with E-state index in [1.165, 1.54) is 42.4 Å². The SMILES string of the molecule is CCCNC1CCCN(C(C)c2cccc(Br)c2)C1. The van der Waals surface area contributed by atoms with E-state index in [2.05, 4.69) is 64.3 Å². The molecule has 0 aliphatic carbocycles. The summed E-state index contributed by atoms with van der Waals surface area (Å²) in [4.78, 5) is 2.61. The van der Waals surface area contributed by atoms with Crippen molar-refractivity contribution in [3.8, 4) is 0 Å². The monoisotopic (exact) mass is 324 g/mol. The van der Waals surface area contributed by atoms with Crippen molar-refractivity contribution in [2.75, 3.05) is 19.6 Å². The number of halogens is 1. The molecular weight excluding hydrogens is 300 g/mol. The van der Waals surface area contributed by atoms with Gasteiger partial charge in [-0.25, -0.2) is 0 Å². The van der Waals surface area contributed by atoms with Crippen molar-refractivity contribution in [1.29, 1.82) is 0 Å². The molecule has 2 rings (SSSR count). The molecule has 106 valence electrons. The number of nitrogens with zero attached hydrogens (tertiary/aromatic N) is 1. The first-order chi connectivity index (χ1) is 9.20. The van der Waals surface area contributed by atoms with Crippen LogP contribution >= 0.6 is 15.9 Å². The third-order valence-electron chi connectivity index (χ3n) is 4.01. The van der Waals surface area contributed by atoms with E-state index in [-0.39, 0.29) is 0 Å². The topological polar surface area (TPSA) is 15.3 Å². The molecule has 2 nitrogen and oxygen atoms in total. The van der Waals surface area contributed by atoms with Gasteiger partial charge in [0.15, 0.2) is 0 Å². The Bertz CT molecular complexity index is 394. The van der Waals surface area contributed by atoms with E-state index in [4.69, 9.17) is 0 Å². The van der Waals surface area contributed by atoms with E-state index < -0.39 is 0 Å². The summed E-state index contributed by atoms with van der Waals surface area (Å²) in [7, 11) is 0. The van der Waals surface area contributed by atoms with Crippen molar-refractivity contribution in [3.63, 3.8) is 0 Å². The Kier molecular flexibility index (Phi) is 5.86. The molecule has 0 radical (unpaired) electrons. The van der Waals surface area contributed by atoms with Gasteiger partial charge in [-0.3, -0.25) is 4.90 Å². The molecule has 1 N–H and O–H groups in total. The molecule has 1 aliphatic rings. The van der Waals surface area contributed by atoms with Crippen LogP contribution in [0.3, 0.4) is 0 Å². The van der Waals surface area contributed by atoms with E-state index in [1.54, 1.807) is 0 Å². The van der Waals surface area contributed by atoms with E-state index >= 15 is 0 Å². The zero-order valence-corrected chi connectivity index (χ0v) is 13.6. The maximum Gasteiger partial charge on any atom is 0.0320 e. The summed E-state index contributed by atoms with van der Waals surface area (Å²) in [6, 6.07) is 9.88. The molecule has 1 heterocycles. The maximum atomic E-state index is 3.67. The van der Waals surface area contributed by atoms with Crippen molar-refractivity contribution in [1.82, 2.24) is 10.2 Å². The highest BCUT2D eigenvalue weighted by molar-refractivity contribution is 9.10. The Morgan fingerprint density at radius 3 is 3.05 bits per heavy atom. The average molecular weight is 325 g/mol. The van der Waals surface area contributed by atoms with Crippen LogP contribution in [-0.4, -0.2) is 30.6 Å². The molecule has 1 saturated heterocycles. The number of nitrogens with one attached hydrogen (secondary N) is 1. The molecule has 0 saturated carbocycles. The zero-order valence-electron chi connectivity index (χ0n) is 12.0. The number of hydrogen-bond donors (Lipinski definition) is 1. The molecular formula is C16H25BrN2. The van der Waals surface area contributed by atoms with E-state index in [0.29, 0.717) is 12.1 Å². The normalized spacial score (nSPS) is 22.4. The van der Waals surface area contributed by atoms with Crippen LogP contribution < -0.4 is 5.32 Å². The fourth-order valence-corrected chi connectivity index (χ4v) is 3.27. The Morgan fingerprint density at radius 1 is 1.47 bits per heavy atom. The standard InChI is InChI=1S/C16H25BrN2/c1-3-9-18-16-8-5-10-19(12-16)13(2)14-6-4-7-15(17)11-14/h4,6-7,11,13,16,18H,3,5,8-10,12H2,1-2H3. The minimum atomic E-state index is 0.503. The summed E-state index contributed by atoms with van der Waals surface area (Å²) in [6.07, 6.45) is 3.85. The van der Waals surface area contributed by atoms with Crippen molar-refractivity contribution in [3.05, 3.63) is 34.3 Å². The smallest absolute Gasteiger partial charge is 0.0320 e. The predicted octanol–water partition coefficient (Wildman–Crippen LogP) is 3.97. The van der Waals surface area contributed by atoms with Gasteiger partial charge in [0, 0.05) is 23.1 Å². The van der Waals surface area contributed by atoms with Crippen LogP contribution in [0.15, 0.2) is 28.7 Å². The third-order valence-corrected chi connectivity index (χ3v) is 4.51. The quantitative estimate of drug-likeness (QED) is 0.881. The third kappa shape index (κ3) is 4.30. The molecule has 3 heteroatoms. The number of rotatable bonds is 5. The lowest BCUT2D eigenvalue weighted by atomic mass is 10.0. The Labute approximate surface area is 125 Å². The van der Waals surface area contributed by atoms with Crippen LogP contribution in [0, 0.1) is 0 Å². The molecule has 19 heavy (non-hydrogen) atoms. The van der Waals surface area contributed by atoms with Gasteiger partial charge in [-0.1, -0.05) is 35.0 Å². The molecule has 0 aromatic heterocycles. The van der Waals surface area contributed by atoms with Crippen molar-refractivity contribution in [2.24, 2.45) is 0 Å². The molecule has 0 amide bonds. The van der Waals surface area contributed by atoms with Gasteiger partial charge in [0.1, 0.15) is 0 Å². The Balaban J connectivity index is 1.96. The van der Waals surface area contributed by atoms with E-state index in [1.807, 2.05) is 0 Å². The molecule has 1 aliphatic heterocycles. The molecule has 0 bridgehead atoms. The van der Waals surface area contributed by atoms with Gasteiger partial charge >= 0.3 is 0 Å². The van der Waals surface area contributed by atoms with Gasteiger partial charge in [0.2, 0.25) is 0 Å². The summed E-state index contributed by atoms with van der Waals surface area (Å²) in [5, 5.41) is 3.67. The number of hydrogen-bond acceptors (Lipinski definition) is 2. The van der Waals surface area contributed by atoms with Crippen LogP contribution in [-0.2, 0) is 0 Å².